The van der Waals surface area contributed by atoms with Crippen molar-refractivity contribution in [1.82, 2.24) is 5.32 Å². The molecular formula is C12H14Br3NO. The fraction of sp³-hybridized carbons (Fsp3) is 0.417. The summed E-state index contributed by atoms with van der Waals surface area (Å²) >= 11 is 10.1. The molecule has 0 aliphatic heterocycles. The lowest BCUT2D eigenvalue weighted by Crippen LogP contribution is -2.43. The van der Waals surface area contributed by atoms with Gasteiger partial charge in [0.25, 0.3) is 5.91 Å². The first-order valence-corrected chi connectivity index (χ1v) is 7.90. The molecule has 0 aliphatic carbocycles. The van der Waals surface area contributed by atoms with Gasteiger partial charge in [-0.15, -0.1) is 0 Å². The smallest absolute Gasteiger partial charge is 0.252 e. The number of halogens is 3. The van der Waals surface area contributed by atoms with Crippen LogP contribution in [0.1, 0.15) is 30.6 Å². The first-order chi connectivity index (χ1) is 7.85. The summed E-state index contributed by atoms with van der Waals surface area (Å²) < 4.78 is 1.69. The SMILES string of the molecule is CC(C)(CCBr)NC(=O)c1cc(Br)ccc1Br. The van der Waals surface area contributed by atoms with E-state index in [1.165, 1.54) is 0 Å². The molecule has 0 atom stereocenters. The van der Waals surface area contributed by atoms with E-state index in [0.29, 0.717) is 5.56 Å². The molecule has 0 bridgehead atoms. The van der Waals surface area contributed by atoms with E-state index in [4.69, 9.17) is 0 Å². The topological polar surface area (TPSA) is 29.1 Å². The highest BCUT2D eigenvalue weighted by atomic mass is 79.9. The lowest BCUT2D eigenvalue weighted by atomic mass is 10.0. The standard InChI is InChI=1S/C12H14Br3NO/c1-12(2,5-6-13)16-11(17)9-7-8(14)3-4-10(9)15/h3-4,7H,5-6H2,1-2H3,(H,16,17). The molecule has 1 rings (SSSR count). The second kappa shape index (κ2) is 6.34. The normalized spacial score (nSPS) is 11.4. The molecule has 1 aromatic rings. The average molecular weight is 428 g/mol. The van der Waals surface area contributed by atoms with Crippen LogP contribution in [0.3, 0.4) is 0 Å². The van der Waals surface area contributed by atoms with Gasteiger partial charge < -0.3 is 5.32 Å². The van der Waals surface area contributed by atoms with Gasteiger partial charge in [-0.25, -0.2) is 0 Å². The Morgan fingerprint density at radius 2 is 2.00 bits per heavy atom. The number of alkyl halides is 1. The van der Waals surface area contributed by atoms with Gasteiger partial charge in [0.15, 0.2) is 0 Å². The summed E-state index contributed by atoms with van der Waals surface area (Å²) in [6.45, 7) is 4.02. The Bertz CT molecular complexity index is 418. The number of rotatable bonds is 4. The maximum absolute atomic E-state index is 12.1. The third kappa shape index (κ3) is 4.72. The van der Waals surface area contributed by atoms with Gasteiger partial charge in [0.05, 0.1) is 5.56 Å². The van der Waals surface area contributed by atoms with E-state index < -0.39 is 0 Å². The Kier molecular flexibility index (Phi) is 5.67. The summed E-state index contributed by atoms with van der Waals surface area (Å²) in [5.74, 6) is -0.0656. The maximum Gasteiger partial charge on any atom is 0.252 e. The number of hydrogen-bond acceptors (Lipinski definition) is 1. The maximum atomic E-state index is 12.1. The highest BCUT2D eigenvalue weighted by Gasteiger charge is 2.21. The fourth-order valence-corrected chi connectivity index (χ4v) is 3.12. The van der Waals surface area contributed by atoms with Gasteiger partial charge in [0, 0.05) is 19.8 Å². The molecule has 0 radical (unpaired) electrons. The van der Waals surface area contributed by atoms with Gasteiger partial charge in [0.2, 0.25) is 0 Å². The molecule has 0 aliphatic rings. The van der Waals surface area contributed by atoms with Gasteiger partial charge in [-0.05, 0) is 54.4 Å². The molecule has 17 heavy (non-hydrogen) atoms. The number of hydrogen-bond donors (Lipinski definition) is 1. The minimum Gasteiger partial charge on any atom is -0.347 e. The van der Waals surface area contributed by atoms with Crippen LogP contribution < -0.4 is 5.32 Å². The van der Waals surface area contributed by atoms with Crippen molar-refractivity contribution in [3.05, 3.63) is 32.7 Å². The lowest BCUT2D eigenvalue weighted by Gasteiger charge is -2.25. The van der Waals surface area contributed by atoms with Crippen LogP contribution in [0.5, 0.6) is 0 Å². The van der Waals surface area contributed by atoms with Crippen LogP contribution in [0.15, 0.2) is 27.1 Å². The predicted octanol–water partition coefficient (Wildman–Crippen LogP) is 4.51. The van der Waals surface area contributed by atoms with E-state index in [9.17, 15) is 4.79 Å². The third-order valence-electron chi connectivity index (χ3n) is 2.34. The lowest BCUT2D eigenvalue weighted by molar-refractivity contribution is 0.0911. The van der Waals surface area contributed by atoms with E-state index in [-0.39, 0.29) is 11.4 Å². The van der Waals surface area contributed by atoms with Crippen molar-refractivity contribution in [3.8, 4) is 0 Å². The zero-order valence-corrected chi connectivity index (χ0v) is 14.4. The molecule has 1 aromatic carbocycles. The van der Waals surface area contributed by atoms with Crippen LogP contribution in [0.2, 0.25) is 0 Å². The average Bonchev–Trinajstić information content (AvgIpc) is 2.20. The summed E-state index contributed by atoms with van der Waals surface area (Å²) in [5.41, 5.74) is 0.421. The first-order valence-electron chi connectivity index (χ1n) is 5.19. The van der Waals surface area contributed by atoms with Crippen molar-refractivity contribution in [2.75, 3.05) is 5.33 Å². The number of benzene rings is 1. The van der Waals surface area contributed by atoms with Gasteiger partial charge in [0.1, 0.15) is 0 Å². The molecule has 0 fully saturated rings. The monoisotopic (exact) mass is 425 g/mol. The number of carbonyl (C=O) groups is 1. The van der Waals surface area contributed by atoms with E-state index in [0.717, 1.165) is 20.7 Å². The molecule has 0 unspecified atom stereocenters. The van der Waals surface area contributed by atoms with Crippen LogP contribution >= 0.6 is 47.8 Å². The Hall–Kier alpha value is 0.130. The van der Waals surface area contributed by atoms with Gasteiger partial charge >= 0.3 is 0 Å². The molecule has 0 spiro atoms. The zero-order valence-electron chi connectivity index (χ0n) is 9.69. The van der Waals surface area contributed by atoms with Crippen LogP contribution in [-0.2, 0) is 0 Å². The van der Waals surface area contributed by atoms with Crippen LogP contribution in [0.4, 0.5) is 0 Å². The van der Waals surface area contributed by atoms with Crippen LogP contribution in [0, 0.1) is 0 Å². The Labute approximate surface area is 127 Å². The summed E-state index contributed by atoms with van der Waals surface area (Å²) in [6, 6.07) is 5.56. The van der Waals surface area contributed by atoms with Crippen molar-refractivity contribution >= 4 is 53.7 Å². The molecular weight excluding hydrogens is 414 g/mol. The quantitative estimate of drug-likeness (QED) is 0.704. The van der Waals surface area contributed by atoms with Crippen molar-refractivity contribution in [2.24, 2.45) is 0 Å². The fourth-order valence-electron chi connectivity index (χ4n) is 1.34. The second-order valence-corrected chi connectivity index (χ2v) is 6.96. The van der Waals surface area contributed by atoms with Crippen molar-refractivity contribution < 1.29 is 4.79 Å². The molecule has 0 heterocycles. The van der Waals surface area contributed by atoms with Crippen LogP contribution in [-0.4, -0.2) is 16.8 Å². The van der Waals surface area contributed by atoms with Crippen molar-refractivity contribution in [2.45, 2.75) is 25.8 Å². The number of nitrogens with one attached hydrogen (secondary N) is 1. The van der Waals surface area contributed by atoms with Gasteiger partial charge in [-0.3, -0.25) is 4.79 Å². The predicted molar refractivity (Wildman–Crippen MR) is 81.8 cm³/mol. The van der Waals surface area contributed by atoms with Crippen molar-refractivity contribution in [1.29, 1.82) is 0 Å². The molecule has 94 valence electrons. The molecule has 1 amide bonds. The van der Waals surface area contributed by atoms with E-state index >= 15 is 0 Å². The number of carbonyl (C=O) groups excluding carboxylic acids is 1. The Morgan fingerprint density at radius 3 is 2.59 bits per heavy atom. The van der Waals surface area contributed by atoms with Gasteiger partial charge in [-0.2, -0.15) is 0 Å². The molecule has 0 aromatic heterocycles. The van der Waals surface area contributed by atoms with Crippen LogP contribution in [0.25, 0.3) is 0 Å². The number of amides is 1. The summed E-state index contributed by atoms with van der Waals surface area (Å²) in [6.07, 6.45) is 0.879. The summed E-state index contributed by atoms with van der Waals surface area (Å²) in [4.78, 5) is 12.1. The largest absolute Gasteiger partial charge is 0.347 e. The highest BCUT2D eigenvalue weighted by molar-refractivity contribution is 9.11. The molecule has 2 nitrogen and oxygen atoms in total. The van der Waals surface area contributed by atoms with E-state index in [1.54, 1.807) is 0 Å². The molecule has 1 N–H and O–H groups in total. The van der Waals surface area contributed by atoms with E-state index in [1.807, 2.05) is 32.0 Å². The molecule has 0 saturated carbocycles. The summed E-state index contributed by atoms with van der Waals surface area (Å²) in [5, 5.41) is 3.88. The van der Waals surface area contributed by atoms with Gasteiger partial charge in [-0.1, -0.05) is 31.9 Å². The summed E-state index contributed by atoms with van der Waals surface area (Å²) in [7, 11) is 0. The second-order valence-electron chi connectivity index (χ2n) is 4.40. The molecule has 5 heteroatoms. The minimum atomic E-state index is -0.220. The van der Waals surface area contributed by atoms with E-state index in [2.05, 4.69) is 53.1 Å². The Balaban J connectivity index is 2.86. The third-order valence-corrected chi connectivity index (χ3v) is 3.93. The highest BCUT2D eigenvalue weighted by Crippen LogP contribution is 2.22. The van der Waals surface area contributed by atoms with Crippen molar-refractivity contribution in [3.63, 3.8) is 0 Å². The Morgan fingerprint density at radius 1 is 1.35 bits per heavy atom. The molecule has 0 saturated heterocycles. The minimum absolute atomic E-state index is 0.0656. The zero-order chi connectivity index (χ0) is 13.1. The first kappa shape index (κ1) is 15.2.